The molecule has 3 nitrogen and oxygen atoms in total. The average Bonchev–Trinajstić information content (AvgIpc) is 2.25. The highest BCUT2D eigenvalue weighted by Gasteiger charge is 2.32. The van der Waals surface area contributed by atoms with Crippen LogP contribution in [-0.4, -0.2) is 28.3 Å². The van der Waals surface area contributed by atoms with E-state index in [0.29, 0.717) is 0 Å². The molecule has 0 spiro atoms. The highest BCUT2D eigenvalue weighted by Crippen LogP contribution is 2.24. The predicted molar refractivity (Wildman–Crippen MR) is 62.6 cm³/mol. The third-order valence-electron chi connectivity index (χ3n) is 3.35. The third kappa shape index (κ3) is 4.08. The number of rotatable bonds is 7. The molecule has 0 fully saturated rings. The van der Waals surface area contributed by atoms with E-state index >= 15 is 0 Å². The fraction of sp³-hybridized carbons (Fsp3) is 1.00. The van der Waals surface area contributed by atoms with Gasteiger partial charge in [-0.2, -0.15) is 0 Å². The Morgan fingerprint density at radius 1 is 1.14 bits per heavy atom. The molecule has 0 amide bonds. The fourth-order valence-electron chi connectivity index (χ4n) is 1.37. The Hall–Kier alpha value is 0.0969. The summed E-state index contributed by atoms with van der Waals surface area (Å²) in [6.07, 6.45) is 3.02. The first kappa shape index (κ1) is 14.1. The molecule has 0 bridgehead atoms. The van der Waals surface area contributed by atoms with Crippen molar-refractivity contribution < 1.29 is 8.85 Å². The molecule has 0 saturated heterocycles. The van der Waals surface area contributed by atoms with Crippen LogP contribution in [0.3, 0.4) is 0 Å². The van der Waals surface area contributed by atoms with Gasteiger partial charge in [0.1, 0.15) is 0 Å². The first-order valence-corrected chi connectivity index (χ1v) is 7.87. The maximum absolute atomic E-state index is 6.22. The Kier molecular flexibility index (Phi) is 5.89. The molecule has 0 aliphatic rings. The standard InChI is InChI=1S/C10H25NO2Si/c1-6-10(11,7-2)8-9-14(5,12-3)13-4/h6-9,11H2,1-5H3. The molecule has 14 heavy (non-hydrogen) atoms. The summed E-state index contributed by atoms with van der Waals surface area (Å²) < 4.78 is 10.9. The van der Waals surface area contributed by atoms with Crippen LogP contribution in [0.25, 0.3) is 0 Å². The van der Waals surface area contributed by atoms with Gasteiger partial charge in [0.25, 0.3) is 0 Å². The molecule has 0 atom stereocenters. The van der Waals surface area contributed by atoms with E-state index in [2.05, 4.69) is 20.4 Å². The van der Waals surface area contributed by atoms with Gasteiger partial charge in [0.15, 0.2) is 0 Å². The maximum atomic E-state index is 6.22. The van der Waals surface area contributed by atoms with Gasteiger partial charge in [-0.05, 0) is 31.9 Å². The molecule has 0 heterocycles. The molecule has 0 aromatic heterocycles. The van der Waals surface area contributed by atoms with E-state index in [4.69, 9.17) is 14.6 Å². The fourth-order valence-corrected chi connectivity index (χ4v) is 2.89. The smallest absolute Gasteiger partial charge is 0.334 e. The zero-order valence-electron chi connectivity index (χ0n) is 10.2. The summed E-state index contributed by atoms with van der Waals surface area (Å²) in [6, 6.07) is 0.970. The van der Waals surface area contributed by atoms with Crippen molar-refractivity contribution in [3.8, 4) is 0 Å². The summed E-state index contributed by atoms with van der Waals surface area (Å²) in [6.45, 7) is 6.36. The van der Waals surface area contributed by atoms with Crippen LogP contribution in [0.1, 0.15) is 33.1 Å². The largest absolute Gasteiger partial charge is 0.398 e. The Bertz CT molecular complexity index is 138. The van der Waals surface area contributed by atoms with Gasteiger partial charge in [0, 0.05) is 19.8 Å². The second kappa shape index (κ2) is 5.85. The normalized spacial score (nSPS) is 13.3. The summed E-state index contributed by atoms with van der Waals surface area (Å²) >= 11 is 0. The van der Waals surface area contributed by atoms with Crippen LogP contribution in [0.4, 0.5) is 0 Å². The van der Waals surface area contributed by atoms with Crippen LogP contribution in [0, 0.1) is 0 Å². The first-order chi connectivity index (χ1) is 6.45. The highest BCUT2D eigenvalue weighted by atomic mass is 28.4. The quantitative estimate of drug-likeness (QED) is 0.668. The van der Waals surface area contributed by atoms with Gasteiger partial charge in [-0.3, -0.25) is 0 Å². The molecule has 0 unspecified atom stereocenters. The highest BCUT2D eigenvalue weighted by molar-refractivity contribution is 6.65. The minimum absolute atomic E-state index is 0.0364. The Labute approximate surface area is 89.2 Å². The van der Waals surface area contributed by atoms with Gasteiger partial charge in [0.2, 0.25) is 0 Å². The van der Waals surface area contributed by atoms with Gasteiger partial charge in [-0.25, -0.2) is 0 Å². The molecule has 4 heteroatoms. The molecule has 0 rings (SSSR count). The van der Waals surface area contributed by atoms with E-state index in [-0.39, 0.29) is 5.54 Å². The van der Waals surface area contributed by atoms with E-state index in [9.17, 15) is 0 Å². The van der Waals surface area contributed by atoms with Crippen molar-refractivity contribution in [1.29, 1.82) is 0 Å². The molecule has 0 aromatic rings. The third-order valence-corrected chi connectivity index (χ3v) is 6.23. The minimum atomic E-state index is -1.92. The van der Waals surface area contributed by atoms with Crippen LogP contribution in [0.5, 0.6) is 0 Å². The molecular formula is C10H25NO2Si. The summed E-state index contributed by atoms with van der Waals surface area (Å²) in [5, 5.41) is 0. The van der Waals surface area contributed by atoms with Crippen LogP contribution in [0.2, 0.25) is 12.6 Å². The maximum Gasteiger partial charge on any atom is 0.334 e. The second-order valence-electron chi connectivity index (χ2n) is 4.11. The van der Waals surface area contributed by atoms with Gasteiger partial charge < -0.3 is 14.6 Å². The molecule has 0 aliphatic heterocycles. The van der Waals surface area contributed by atoms with Crippen LogP contribution in [0.15, 0.2) is 0 Å². The number of hydrogen-bond donors (Lipinski definition) is 1. The summed E-state index contributed by atoms with van der Waals surface area (Å²) in [7, 11) is 1.54. The van der Waals surface area contributed by atoms with E-state index in [1.165, 1.54) is 0 Å². The number of hydrogen-bond acceptors (Lipinski definition) is 3. The lowest BCUT2D eigenvalue weighted by atomic mass is 9.91. The van der Waals surface area contributed by atoms with Crippen LogP contribution in [-0.2, 0) is 8.85 Å². The van der Waals surface area contributed by atoms with E-state index < -0.39 is 8.56 Å². The summed E-state index contributed by atoms with van der Waals surface area (Å²) in [5.41, 5.74) is 6.19. The molecule has 0 aromatic carbocycles. The lowest BCUT2D eigenvalue weighted by Gasteiger charge is -2.31. The van der Waals surface area contributed by atoms with Gasteiger partial charge >= 0.3 is 8.56 Å². The van der Waals surface area contributed by atoms with Crippen LogP contribution < -0.4 is 5.73 Å². The summed E-state index contributed by atoms with van der Waals surface area (Å²) in [4.78, 5) is 0. The van der Waals surface area contributed by atoms with Crippen molar-refractivity contribution >= 4 is 8.56 Å². The molecule has 0 aliphatic carbocycles. The molecule has 86 valence electrons. The van der Waals surface area contributed by atoms with Crippen molar-refractivity contribution in [3.05, 3.63) is 0 Å². The lowest BCUT2D eigenvalue weighted by Crippen LogP contribution is -2.43. The molecule has 2 N–H and O–H groups in total. The van der Waals surface area contributed by atoms with Crippen molar-refractivity contribution in [1.82, 2.24) is 0 Å². The van der Waals surface area contributed by atoms with Gasteiger partial charge in [-0.1, -0.05) is 13.8 Å². The van der Waals surface area contributed by atoms with Crippen molar-refractivity contribution in [2.24, 2.45) is 5.73 Å². The van der Waals surface area contributed by atoms with Crippen molar-refractivity contribution in [2.75, 3.05) is 14.2 Å². The Balaban J connectivity index is 4.14. The van der Waals surface area contributed by atoms with Crippen molar-refractivity contribution in [2.45, 2.75) is 51.2 Å². The van der Waals surface area contributed by atoms with Gasteiger partial charge in [-0.15, -0.1) is 0 Å². The zero-order valence-corrected chi connectivity index (χ0v) is 11.2. The second-order valence-corrected chi connectivity index (χ2v) is 7.70. The SMILES string of the molecule is CCC(N)(CC)CC[Si](C)(OC)OC. The molecule has 0 radical (unpaired) electrons. The van der Waals surface area contributed by atoms with E-state index in [1.807, 2.05) is 0 Å². The Morgan fingerprint density at radius 2 is 1.57 bits per heavy atom. The van der Waals surface area contributed by atoms with E-state index in [0.717, 1.165) is 25.3 Å². The van der Waals surface area contributed by atoms with Crippen molar-refractivity contribution in [3.63, 3.8) is 0 Å². The first-order valence-electron chi connectivity index (χ1n) is 5.34. The van der Waals surface area contributed by atoms with Gasteiger partial charge in [0.05, 0.1) is 0 Å². The summed E-state index contributed by atoms with van der Waals surface area (Å²) in [5.74, 6) is 0. The molecule has 0 saturated carbocycles. The lowest BCUT2D eigenvalue weighted by molar-refractivity contribution is 0.241. The predicted octanol–water partition coefficient (Wildman–Crippen LogP) is 2.26. The average molecular weight is 219 g/mol. The Morgan fingerprint density at radius 3 is 1.86 bits per heavy atom. The zero-order chi connectivity index (χ0) is 11.2. The monoisotopic (exact) mass is 219 g/mol. The molecular weight excluding hydrogens is 194 g/mol. The van der Waals surface area contributed by atoms with E-state index in [1.54, 1.807) is 14.2 Å². The minimum Gasteiger partial charge on any atom is -0.398 e. The topological polar surface area (TPSA) is 44.5 Å². The van der Waals surface area contributed by atoms with Crippen LogP contribution >= 0.6 is 0 Å². The number of nitrogens with two attached hydrogens (primary N) is 1.